The Kier molecular flexibility index (Phi) is 6.18. The van der Waals surface area contributed by atoms with E-state index < -0.39 is 0 Å². The average molecular weight is 410 g/mol. The Bertz CT molecular complexity index is 1200. The molecule has 0 unspecified atom stereocenters. The normalized spacial score (nSPS) is 10.9. The van der Waals surface area contributed by atoms with Crippen molar-refractivity contribution in [2.45, 2.75) is 13.5 Å². The van der Waals surface area contributed by atoms with Gasteiger partial charge in [-0.1, -0.05) is 59.8 Å². The number of amides is 1. The van der Waals surface area contributed by atoms with Gasteiger partial charge in [-0.2, -0.15) is 0 Å². The molecule has 0 aliphatic carbocycles. The van der Waals surface area contributed by atoms with Crippen LogP contribution in [0.15, 0.2) is 91.1 Å². The summed E-state index contributed by atoms with van der Waals surface area (Å²) in [6, 6.07) is 25.1. The molecule has 0 radical (unpaired) electrons. The van der Waals surface area contributed by atoms with Crippen LogP contribution < -0.4 is 10.1 Å². The summed E-state index contributed by atoms with van der Waals surface area (Å²) < 4.78 is 7.68. The molecule has 6 heteroatoms. The molecule has 0 saturated heterocycles. The number of benzene rings is 3. The van der Waals surface area contributed by atoms with E-state index >= 15 is 0 Å². The highest BCUT2D eigenvalue weighted by Gasteiger charge is 2.07. The van der Waals surface area contributed by atoms with E-state index in [-0.39, 0.29) is 5.91 Å². The number of ether oxygens (including phenoxy) is 1. The van der Waals surface area contributed by atoms with Crippen LogP contribution in [0, 0.1) is 6.92 Å². The minimum absolute atomic E-state index is 0.280. The number of nitrogens with zero attached hydrogens (tertiary/aromatic N) is 3. The van der Waals surface area contributed by atoms with Crippen molar-refractivity contribution in [3.63, 3.8) is 0 Å². The van der Waals surface area contributed by atoms with Crippen LogP contribution in [-0.4, -0.2) is 20.9 Å². The van der Waals surface area contributed by atoms with E-state index in [1.54, 1.807) is 23.0 Å². The Hall–Kier alpha value is -4.19. The van der Waals surface area contributed by atoms with Crippen LogP contribution in [-0.2, 0) is 11.3 Å². The van der Waals surface area contributed by atoms with Gasteiger partial charge in [0.15, 0.2) is 5.75 Å². The average Bonchev–Trinajstić information content (AvgIpc) is 3.22. The zero-order valence-electron chi connectivity index (χ0n) is 17.1. The van der Waals surface area contributed by atoms with Gasteiger partial charge in [0.25, 0.3) is 0 Å². The van der Waals surface area contributed by atoms with E-state index in [2.05, 4.69) is 15.6 Å². The monoisotopic (exact) mass is 410 g/mol. The highest BCUT2D eigenvalue weighted by atomic mass is 16.5. The molecule has 154 valence electrons. The fourth-order valence-electron chi connectivity index (χ4n) is 3.04. The number of hydrogen-bond donors (Lipinski definition) is 1. The van der Waals surface area contributed by atoms with Crippen molar-refractivity contribution >= 4 is 17.7 Å². The van der Waals surface area contributed by atoms with Gasteiger partial charge >= 0.3 is 0 Å². The SMILES string of the molecule is Cc1cccc(Oc2ccccc2NC(=O)/C=C/c2cn(Cc3ccccc3)nn2)c1. The minimum Gasteiger partial charge on any atom is -0.455 e. The number of para-hydroxylation sites is 2. The van der Waals surface area contributed by atoms with Crippen LogP contribution in [0.2, 0.25) is 0 Å². The Morgan fingerprint density at radius 3 is 2.68 bits per heavy atom. The third-order valence-corrected chi connectivity index (χ3v) is 4.51. The smallest absolute Gasteiger partial charge is 0.248 e. The molecule has 3 aromatic carbocycles. The van der Waals surface area contributed by atoms with Gasteiger partial charge in [-0.05, 0) is 48.4 Å². The molecule has 4 rings (SSSR count). The van der Waals surface area contributed by atoms with Crippen molar-refractivity contribution in [3.8, 4) is 11.5 Å². The lowest BCUT2D eigenvalue weighted by Gasteiger charge is -2.11. The quantitative estimate of drug-likeness (QED) is 0.432. The fourth-order valence-corrected chi connectivity index (χ4v) is 3.04. The van der Waals surface area contributed by atoms with Gasteiger partial charge in [0.1, 0.15) is 11.4 Å². The van der Waals surface area contributed by atoms with Crippen LogP contribution in [0.3, 0.4) is 0 Å². The van der Waals surface area contributed by atoms with Gasteiger partial charge in [0.05, 0.1) is 18.4 Å². The number of nitrogens with one attached hydrogen (secondary N) is 1. The number of hydrogen-bond acceptors (Lipinski definition) is 4. The summed E-state index contributed by atoms with van der Waals surface area (Å²) >= 11 is 0. The Morgan fingerprint density at radius 2 is 1.84 bits per heavy atom. The lowest BCUT2D eigenvalue weighted by Crippen LogP contribution is -2.08. The van der Waals surface area contributed by atoms with E-state index in [1.807, 2.05) is 79.7 Å². The number of rotatable bonds is 7. The first-order valence-electron chi connectivity index (χ1n) is 9.92. The predicted molar refractivity (Wildman–Crippen MR) is 121 cm³/mol. The van der Waals surface area contributed by atoms with Crippen LogP contribution in [0.5, 0.6) is 11.5 Å². The molecule has 0 atom stereocenters. The highest BCUT2D eigenvalue weighted by Crippen LogP contribution is 2.29. The molecule has 1 N–H and O–H groups in total. The maximum atomic E-state index is 12.4. The lowest BCUT2D eigenvalue weighted by molar-refractivity contribution is -0.111. The topological polar surface area (TPSA) is 69.0 Å². The van der Waals surface area contributed by atoms with Crippen molar-refractivity contribution in [2.75, 3.05) is 5.32 Å². The molecule has 1 aromatic heterocycles. The minimum atomic E-state index is -0.280. The maximum absolute atomic E-state index is 12.4. The van der Waals surface area contributed by atoms with Gasteiger partial charge in [-0.15, -0.1) is 5.10 Å². The number of carbonyl (C=O) groups is 1. The van der Waals surface area contributed by atoms with Crippen molar-refractivity contribution < 1.29 is 9.53 Å². The second-order valence-corrected chi connectivity index (χ2v) is 7.06. The molecular formula is C25H22N4O2. The van der Waals surface area contributed by atoms with Gasteiger partial charge in [0, 0.05) is 6.08 Å². The van der Waals surface area contributed by atoms with E-state index in [9.17, 15) is 4.79 Å². The maximum Gasteiger partial charge on any atom is 0.248 e. The second kappa shape index (κ2) is 9.54. The predicted octanol–water partition coefficient (Wildman–Crippen LogP) is 5.08. The molecule has 4 aromatic rings. The molecule has 31 heavy (non-hydrogen) atoms. The third kappa shape index (κ3) is 5.67. The fraction of sp³-hybridized carbons (Fsp3) is 0.0800. The van der Waals surface area contributed by atoms with E-state index in [0.717, 1.165) is 11.1 Å². The summed E-state index contributed by atoms with van der Waals surface area (Å²) in [4.78, 5) is 12.4. The summed E-state index contributed by atoms with van der Waals surface area (Å²) in [6.07, 6.45) is 4.86. The summed E-state index contributed by atoms with van der Waals surface area (Å²) in [5.41, 5.74) is 3.43. The third-order valence-electron chi connectivity index (χ3n) is 4.51. The van der Waals surface area contributed by atoms with Crippen molar-refractivity contribution in [1.29, 1.82) is 0 Å². The largest absolute Gasteiger partial charge is 0.455 e. The van der Waals surface area contributed by atoms with Crippen LogP contribution in [0.4, 0.5) is 5.69 Å². The Balaban J connectivity index is 1.39. The van der Waals surface area contributed by atoms with Gasteiger partial charge < -0.3 is 10.1 Å². The van der Waals surface area contributed by atoms with Crippen molar-refractivity contribution in [3.05, 3.63) is 108 Å². The number of aromatic nitrogens is 3. The highest BCUT2D eigenvalue weighted by molar-refractivity contribution is 6.02. The standard InChI is InChI=1S/C25H22N4O2/c1-19-8-7-11-22(16-19)31-24-13-6-5-12-23(24)26-25(30)15-14-21-18-29(28-27-21)17-20-9-3-2-4-10-20/h2-16,18H,17H2,1H3,(H,26,30)/b15-14+. The molecule has 0 bridgehead atoms. The summed E-state index contributed by atoms with van der Waals surface area (Å²) in [6.45, 7) is 2.62. The zero-order chi connectivity index (χ0) is 21.5. The molecule has 1 heterocycles. The van der Waals surface area contributed by atoms with E-state index in [4.69, 9.17) is 4.74 Å². The van der Waals surface area contributed by atoms with Gasteiger partial charge in [0.2, 0.25) is 5.91 Å². The molecule has 1 amide bonds. The summed E-state index contributed by atoms with van der Waals surface area (Å²) in [5.74, 6) is 1.01. The second-order valence-electron chi connectivity index (χ2n) is 7.06. The zero-order valence-corrected chi connectivity index (χ0v) is 17.1. The van der Waals surface area contributed by atoms with E-state index in [0.29, 0.717) is 29.4 Å². The molecule has 0 aliphatic rings. The van der Waals surface area contributed by atoms with Crippen LogP contribution in [0.1, 0.15) is 16.8 Å². The first-order chi connectivity index (χ1) is 15.2. The van der Waals surface area contributed by atoms with Crippen LogP contribution in [0.25, 0.3) is 6.08 Å². The molecule has 0 saturated carbocycles. The Morgan fingerprint density at radius 1 is 1.03 bits per heavy atom. The molecule has 0 fully saturated rings. The Labute approximate surface area is 180 Å². The molecule has 0 aliphatic heterocycles. The lowest BCUT2D eigenvalue weighted by atomic mass is 10.2. The number of carbonyl (C=O) groups excluding carboxylic acids is 1. The molecule has 0 spiro atoms. The number of aryl methyl sites for hydroxylation is 1. The molecule has 6 nitrogen and oxygen atoms in total. The number of anilines is 1. The van der Waals surface area contributed by atoms with Crippen molar-refractivity contribution in [1.82, 2.24) is 15.0 Å². The van der Waals surface area contributed by atoms with Crippen LogP contribution >= 0.6 is 0 Å². The first kappa shape index (κ1) is 20.1. The summed E-state index contributed by atoms with van der Waals surface area (Å²) in [5, 5.41) is 11.1. The van der Waals surface area contributed by atoms with E-state index in [1.165, 1.54) is 6.08 Å². The molecular weight excluding hydrogens is 388 g/mol. The van der Waals surface area contributed by atoms with Gasteiger partial charge in [-0.25, -0.2) is 4.68 Å². The first-order valence-corrected chi connectivity index (χ1v) is 9.92. The summed E-state index contributed by atoms with van der Waals surface area (Å²) in [7, 11) is 0. The van der Waals surface area contributed by atoms with Crippen molar-refractivity contribution in [2.24, 2.45) is 0 Å². The van der Waals surface area contributed by atoms with Gasteiger partial charge in [-0.3, -0.25) is 4.79 Å².